The van der Waals surface area contributed by atoms with Gasteiger partial charge >= 0.3 is 6.18 Å². The van der Waals surface area contributed by atoms with Gasteiger partial charge < -0.3 is 19.9 Å². The molecule has 45 heavy (non-hydrogen) atoms. The molecule has 0 unspecified atom stereocenters. The smallest absolute Gasteiger partial charge is 0.435 e. The van der Waals surface area contributed by atoms with Gasteiger partial charge in [-0.1, -0.05) is 30.3 Å². The Kier molecular flexibility index (Phi) is 8.45. The lowest BCUT2D eigenvalue weighted by Crippen LogP contribution is -2.39. The lowest BCUT2D eigenvalue weighted by atomic mass is 10.0. The number of nitrogens with zero attached hydrogens (tertiary/aromatic N) is 4. The monoisotopic (exact) mass is 619 g/mol. The lowest BCUT2D eigenvalue weighted by molar-refractivity contribution is -0.141. The first kappa shape index (κ1) is 31.0. The van der Waals surface area contributed by atoms with E-state index in [1.165, 1.54) is 47.2 Å². The molecule has 0 atom stereocenters. The average molecular weight is 620 g/mol. The highest BCUT2D eigenvalue weighted by Gasteiger charge is 2.43. The van der Waals surface area contributed by atoms with Crippen molar-refractivity contribution in [3.05, 3.63) is 106 Å². The van der Waals surface area contributed by atoms with Crippen LogP contribution in [0.5, 0.6) is 5.75 Å². The van der Waals surface area contributed by atoms with Crippen LogP contribution in [0.4, 0.5) is 18.9 Å². The highest BCUT2D eigenvalue weighted by atomic mass is 19.4. The number of rotatable bonds is 8. The van der Waals surface area contributed by atoms with E-state index in [9.17, 15) is 32.3 Å². The van der Waals surface area contributed by atoms with Crippen molar-refractivity contribution < 1.29 is 37.1 Å². The number of Topliss-reactive ketones (excluding diaryl/α,β-unsaturated/α-hetero) is 1. The second-order valence-electron chi connectivity index (χ2n) is 10.4. The fourth-order valence-electron chi connectivity index (χ4n) is 5.04. The SMILES string of the molecule is COc1ccc(-n2nc(C(F)(F)F)c3c2C(=O)N(c2ccc(C(=O)N(C)C)cc2)CC3)c(C(=O)NCC(=O)c2ccccc2)c1. The molecular formula is C32H28F3N5O5. The zero-order valence-corrected chi connectivity index (χ0v) is 24.5. The first-order valence-electron chi connectivity index (χ1n) is 13.8. The molecule has 0 spiro atoms. The van der Waals surface area contributed by atoms with Gasteiger partial charge in [-0.15, -0.1) is 0 Å². The van der Waals surface area contributed by atoms with Gasteiger partial charge in [-0.3, -0.25) is 19.2 Å². The number of fused-ring (bicyclic) bond motifs is 1. The quantitative estimate of drug-likeness (QED) is 0.292. The number of halogens is 3. The normalized spacial score (nSPS) is 12.8. The molecular weight excluding hydrogens is 591 g/mol. The number of methoxy groups -OCH3 is 1. The number of alkyl halides is 3. The van der Waals surface area contributed by atoms with Crippen LogP contribution in [0.1, 0.15) is 52.8 Å². The third-order valence-electron chi connectivity index (χ3n) is 7.30. The van der Waals surface area contributed by atoms with Crippen molar-refractivity contribution in [2.45, 2.75) is 12.6 Å². The van der Waals surface area contributed by atoms with Crippen molar-refractivity contribution in [2.75, 3.05) is 39.2 Å². The summed E-state index contributed by atoms with van der Waals surface area (Å²) >= 11 is 0. The van der Waals surface area contributed by atoms with Crippen LogP contribution in [0.25, 0.3) is 5.69 Å². The Morgan fingerprint density at radius 3 is 2.29 bits per heavy atom. The molecule has 3 amide bonds. The van der Waals surface area contributed by atoms with Gasteiger partial charge in [0, 0.05) is 43.0 Å². The predicted molar refractivity (Wildman–Crippen MR) is 158 cm³/mol. The van der Waals surface area contributed by atoms with Gasteiger partial charge in [0.15, 0.2) is 11.5 Å². The number of nitrogens with one attached hydrogen (secondary N) is 1. The van der Waals surface area contributed by atoms with Crippen LogP contribution < -0.4 is 15.0 Å². The maximum Gasteiger partial charge on any atom is 0.435 e. The van der Waals surface area contributed by atoms with E-state index in [-0.39, 0.29) is 59.5 Å². The van der Waals surface area contributed by atoms with Crippen molar-refractivity contribution >= 4 is 29.2 Å². The molecule has 5 rings (SSSR count). The highest BCUT2D eigenvalue weighted by Crippen LogP contribution is 2.38. The summed E-state index contributed by atoms with van der Waals surface area (Å²) in [6, 6.07) is 18.5. The van der Waals surface area contributed by atoms with Gasteiger partial charge in [0.05, 0.1) is 24.9 Å². The molecule has 4 aromatic rings. The third-order valence-corrected chi connectivity index (χ3v) is 7.30. The second kappa shape index (κ2) is 12.3. The molecule has 10 nitrogen and oxygen atoms in total. The van der Waals surface area contributed by atoms with Crippen LogP contribution in [0, 0.1) is 0 Å². The van der Waals surface area contributed by atoms with Gasteiger partial charge in [-0.05, 0) is 48.9 Å². The topological polar surface area (TPSA) is 114 Å². The Balaban J connectivity index is 1.55. The van der Waals surface area contributed by atoms with Gasteiger partial charge in [-0.2, -0.15) is 18.3 Å². The first-order valence-corrected chi connectivity index (χ1v) is 13.8. The van der Waals surface area contributed by atoms with Gasteiger partial charge in [0.2, 0.25) is 0 Å². The predicted octanol–water partition coefficient (Wildman–Crippen LogP) is 4.42. The van der Waals surface area contributed by atoms with E-state index in [2.05, 4.69) is 10.4 Å². The third kappa shape index (κ3) is 6.14. The molecule has 0 fully saturated rings. The van der Waals surface area contributed by atoms with Gasteiger partial charge in [0.25, 0.3) is 17.7 Å². The number of hydrogen-bond donors (Lipinski definition) is 1. The molecule has 3 aromatic carbocycles. The molecule has 1 N–H and O–H groups in total. The molecule has 0 saturated heterocycles. The van der Waals surface area contributed by atoms with E-state index < -0.39 is 23.7 Å². The van der Waals surface area contributed by atoms with E-state index in [1.807, 2.05) is 0 Å². The van der Waals surface area contributed by atoms with Crippen LogP contribution in [-0.4, -0.2) is 72.5 Å². The molecule has 232 valence electrons. The summed E-state index contributed by atoms with van der Waals surface area (Å²) in [7, 11) is 4.55. The minimum atomic E-state index is -4.89. The van der Waals surface area contributed by atoms with Crippen molar-refractivity contribution in [3.8, 4) is 11.4 Å². The van der Waals surface area contributed by atoms with Gasteiger partial charge in [-0.25, -0.2) is 4.68 Å². The molecule has 0 bridgehead atoms. The lowest BCUT2D eigenvalue weighted by Gasteiger charge is -2.28. The molecule has 13 heteroatoms. The summed E-state index contributed by atoms with van der Waals surface area (Å²) in [6.45, 7) is -0.456. The van der Waals surface area contributed by atoms with Crippen LogP contribution in [0.3, 0.4) is 0 Å². The summed E-state index contributed by atoms with van der Waals surface area (Å²) in [5.74, 6) is -1.97. The summed E-state index contributed by atoms with van der Waals surface area (Å²) in [5.41, 5.74) is -1.07. The fraction of sp³-hybridized carbons (Fsp3) is 0.219. The number of hydrogen-bond acceptors (Lipinski definition) is 6. The fourth-order valence-corrected chi connectivity index (χ4v) is 5.04. The van der Waals surface area contributed by atoms with Crippen molar-refractivity contribution in [1.29, 1.82) is 0 Å². The number of ether oxygens (including phenoxy) is 1. The number of carbonyl (C=O) groups excluding carboxylic acids is 4. The highest BCUT2D eigenvalue weighted by molar-refractivity contribution is 6.09. The first-order chi connectivity index (χ1) is 21.4. The van der Waals surface area contributed by atoms with Crippen molar-refractivity contribution in [2.24, 2.45) is 0 Å². The minimum absolute atomic E-state index is 0.0703. The van der Waals surface area contributed by atoms with Crippen LogP contribution in [0.15, 0.2) is 72.8 Å². The zero-order chi connectivity index (χ0) is 32.5. The molecule has 2 heterocycles. The van der Waals surface area contributed by atoms with E-state index in [0.717, 1.165) is 4.68 Å². The minimum Gasteiger partial charge on any atom is -0.497 e. The number of anilines is 1. The molecule has 1 aromatic heterocycles. The van der Waals surface area contributed by atoms with Gasteiger partial charge in [0.1, 0.15) is 11.4 Å². The van der Waals surface area contributed by atoms with E-state index in [1.54, 1.807) is 56.6 Å². The summed E-state index contributed by atoms with van der Waals surface area (Å²) in [6.07, 6.45) is -5.06. The van der Waals surface area contributed by atoms with E-state index in [0.29, 0.717) is 16.8 Å². The van der Waals surface area contributed by atoms with E-state index >= 15 is 0 Å². The zero-order valence-electron chi connectivity index (χ0n) is 24.5. The Morgan fingerprint density at radius 1 is 0.978 bits per heavy atom. The molecule has 0 aliphatic carbocycles. The Morgan fingerprint density at radius 2 is 1.67 bits per heavy atom. The maximum atomic E-state index is 14.2. The maximum absolute atomic E-state index is 14.2. The van der Waals surface area contributed by atoms with Crippen LogP contribution >= 0.6 is 0 Å². The molecule has 1 aliphatic heterocycles. The second-order valence-corrected chi connectivity index (χ2v) is 10.4. The summed E-state index contributed by atoms with van der Waals surface area (Å²) in [4.78, 5) is 54.9. The Hall–Kier alpha value is -5.46. The molecule has 1 aliphatic rings. The van der Waals surface area contributed by atoms with E-state index in [4.69, 9.17) is 4.74 Å². The summed E-state index contributed by atoms with van der Waals surface area (Å²) < 4.78 is 48.7. The number of benzene rings is 3. The number of ketones is 1. The number of carbonyl (C=O) groups is 4. The Labute approximate surface area is 256 Å². The average Bonchev–Trinajstić information content (AvgIpc) is 3.44. The molecule has 0 radical (unpaired) electrons. The number of amides is 3. The largest absolute Gasteiger partial charge is 0.497 e. The van der Waals surface area contributed by atoms with Crippen molar-refractivity contribution in [1.82, 2.24) is 20.0 Å². The van der Waals surface area contributed by atoms with Crippen LogP contribution in [-0.2, 0) is 12.6 Å². The van der Waals surface area contributed by atoms with Crippen LogP contribution in [0.2, 0.25) is 0 Å². The number of aromatic nitrogens is 2. The van der Waals surface area contributed by atoms with Crippen molar-refractivity contribution in [3.63, 3.8) is 0 Å². The standard InChI is InChI=1S/C32H28F3N5O5/c1-38(2)30(43)20-9-11-21(12-10-20)39-16-15-23-27(31(39)44)40(37-28(23)32(33,34)35)25-14-13-22(45-3)17-24(25)29(42)36-18-26(41)19-7-5-4-6-8-19/h4-14,17H,15-16,18H2,1-3H3,(H,36,42). The summed E-state index contributed by atoms with van der Waals surface area (Å²) in [5, 5.41) is 6.33. The molecule has 0 saturated carbocycles. The Bertz CT molecular complexity index is 1780.